The summed E-state index contributed by atoms with van der Waals surface area (Å²) in [5, 5.41) is 0. The summed E-state index contributed by atoms with van der Waals surface area (Å²) < 4.78 is 11.9. The van der Waals surface area contributed by atoms with Gasteiger partial charge in [-0.3, -0.25) is 0 Å². The smallest absolute Gasteiger partial charge is 0.185 e. The van der Waals surface area contributed by atoms with E-state index in [-0.39, 0.29) is 6.29 Å². The highest BCUT2D eigenvalue weighted by Crippen LogP contribution is 2.34. The molecular formula is C8H9BrO2S. The van der Waals surface area contributed by atoms with Crippen LogP contribution in [-0.4, -0.2) is 13.2 Å². The van der Waals surface area contributed by atoms with E-state index in [9.17, 15) is 0 Å². The van der Waals surface area contributed by atoms with E-state index in [2.05, 4.69) is 28.9 Å². The van der Waals surface area contributed by atoms with Crippen molar-refractivity contribution in [3.63, 3.8) is 0 Å². The largest absolute Gasteiger partial charge is 0.346 e. The summed E-state index contributed by atoms with van der Waals surface area (Å²) in [6, 6.07) is 2.07. The molecule has 1 saturated heterocycles. The lowest BCUT2D eigenvalue weighted by atomic mass is 10.2. The summed E-state index contributed by atoms with van der Waals surface area (Å²) in [5.41, 5.74) is 1.16. The number of aryl methyl sites for hydroxylation is 1. The molecule has 0 N–H and O–H groups in total. The van der Waals surface area contributed by atoms with E-state index >= 15 is 0 Å². The van der Waals surface area contributed by atoms with E-state index in [0.717, 1.165) is 9.35 Å². The molecule has 0 aliphatic carbocycles. The fraction of sp³-hybridized carbons (Fsp3) is 0.500. The monoisotopic (exact) mass is 248 g/mol. The first kappa shape index (κ1) is 8.69. The Labute approximate surface area is 83.6 Å². The Morgan fingerprint density at radius 3 is 2.67 bits per heavy atom. The van der Waals surface area contributed by atoms with Crippen LogP contribution in [0.2, 0.25) is 0 Å². The fourth-order valence-corrected chi connectivity index (χ4v) is 2.96. The zero-order valence-corrected chi connectivity index (χ0v) is 9.07. The van der Waals surface area contributed by atoms with Gasteiger partial charge in [0.1, 0.15) is 0 Å². The molecule has 0 bridgehead atoms. The first-order chi connectivity index (χ1) is 5.77. The molecule has 1 aromatic rings. The van der Waals surface area contributed by atoms with E-state index in [1.165, 1.54) is 4.88 Å². The maximum absolute atomic E-state index is 5.40. The zero-order valence-electron chi connectivity index (χ0n) is 6.67. The predicted octanol–water partition coefficient (Wildman–Crippen LogP) is 2.86. The standard InChI is InChI=1S/C8H9BrO2S/c1-5-6(4-7(9)12-5)8-10-2-3-11-8/h4,8H,2-3H2,1H3. The van der Waals surface area contributed by atoms with Gasteiger partial charge in [-0.25, -0.2) is 0 Å². The molecule has 0 unspecified atom stereocenters. The van der Waals surface area contributed by atoms with E-state index in [1.54, 1.807) is 11.3 Å². The Kier molecular flexibility index (Phi) is 2.50. The van der Waals surface area contributed by atoms with Crippen LogP contribution in [0, 0.1) is 6.92 Å². The van der Waals surface area contributed by atoms with Gasteiger partial charge >= 0.3 is 0 Å². The van der Waals surface area contributed by atoms with Crippen molar-refractivity contribution in [2.75, 3.05) is 13.2 Å². The van der Waals surface area contributed by atoms with E-state index in [0.29, 0.717) is 13.2 Å². The highest BCUT2D eigenvalue weighted by atomic mass is 79.9. The predicted molar refractivity (Wildman–Crippen MR) is 51.4 cm³/mol. The van der Waals surface area contributed by atoms with Gasteiger partial charge < -0.3 is 9.47 Å². The first-order valence-corrected chi connectivity index (χ1v) is 5.37. The molecule has 0 saturated carbocycles. The van der Waals surface area contributed by atoms with Gasteiger partial charge in [0, 0.05) is 10.4 Å². The van der Waals surface area contributed by atoms with Crippen molar-refractivity contribution >= 4 is 27.3 Å². The number of halogens is 1. The van der Waals surface area contributed by atoms with Crippen molar-refractivity contribution < 1.29 is 9.47 Å². The Hall–Kier alpha value is 0.1000. The van der Waals surface area contributed by atoms with Crippen molar-refractivity contribution in [1.29, 1.82) is 0 Å². The fourth-order valence-electron chi connectivity index (χ4n) is 1.23. The topological polar surface area (TPSA) is 18.5 Å². The molecule has 1 aliphatic rings. The highest BCUT2D eigenvalue weighted by Gasteiger charge is 2.21. The van der Waals surface area contributed by atoms with Gasteiger partial charge in [0.05, 0.1) is 17.0 Å². The third-order valence-corrected chi connectivity index (χ3v) is 3.37. The summed E-state index contributed by atoms with van der Waals surface area (Å²) in [6.07, 6.45) is -0.132. The summed E-state index contributed by atoms with van der Waals surface area (Å²) in [5.74, 6) is 0. The quantitative estimate of drug-likeness (QED) is 0.761. The van der Waals surface area contributed by atoms with Crippen molar-refractivity contribution in [1.82, 2.24) is 0 Å². The molecule has 12 heavy (non-hydrogen) atoms. The molecule has 0 spiro atoms. The Bertz CT molecular complexity index is 279. The van der Waals surface area contributed by atoms with Crippen LogP contribution < -0.4 is 0 Å². The lowest BCUT2D eigenvalue weighted by Gasteiger charge is -2.07. The third kappa shape index (κ3) is 1.57. The molecule has 1 aliphatic heterocycles. The van der Waals surface area contributed by atoms with Crippen LogP contribution in [0.3, 0.4) is 0 Å². The van der Waals surface area contributed by atoms with Gasteiger partial charge in [0.2, 0.25) is 0 Å². The molecule has 2 heterocycles. The Morgan fingerprint density at radius 2 is 2.17 bits per heavy atom. The average Bonchev–Trinajstić information content (AvgIpc) is 2.58. The van der Waals surface area contributed by atoms with Crippen LogP contribution in [0.15, 0.2) is 9.85 Å². The number of thiophene rings is 1. The lowest BCUT2D eigenvalue weighted by Crippen LogP contribution is -1.97. The number of ether oxygens (including phenoxy) is 2. The summed E-state index contributed by atoms with van der Waals surface area (Å²) in [6.45, 7) is 3.49. The van der Waals surface area contributed by atoms with Crippen LogP contribution in [0.1, 0.15) is 16.7 Å². The SMILES string of the molecule is Cc1sc(Br)cc1C1OCCO1. The van der Waals surface area contributed by atoms with Crippen LogP contribution in [0.5, 0.6) is 0 Å². The second kappa shape index (κ2) is 3.46. The minimum atomic E-state index is -0.132. The molecule has 0 radical (unpaired) electrons. The van der Waals surface area contributed by atoms with E-state index in [1.807, 2.05) is 0 Å². The molecule has 2 rings (SSSR count). The van der Waals surface area contributed by atoms with Crippen LogP contribution in [0.4, 0.5) is 0 Å². The number of rotatable bonds is 1. The van der Waals surface area contributed by atoms with Crippen LogP contribution in [0.25, 0.3) is 0 Å². The second-order valence-corrected chi connectivity index (χ2v) is 5.27. The molecule has 0 amide bonds. The maximum atomic E-state index is 5.40. The van der Waals surface area contributed by atoms with Gasteiger partial charge in [0.15, 0.2) is 6.29 Å². The van der Waals surface area contributed by atoms with Crippen molar-refractivity contribution in [2.45, 2.75) is 13.2 Å². The van der Waals surface area contributed by atoms with E-state index < -0.39 is 0 Å². The molecule has 2 nitrogen and oxygen atoms in total. The minimum absolute atomic E-state index is 0.132. The lowest BCUT2D eigenvalue weighted by molar-refractivity contribution is -0.0442. The molecule has 1 aromatic heterocycles. The van der Waals surface area contributed by atoms with E-state index in [4.69, 9.17) is 9.47 Å². The molecular weight excluding hydrogens is 240 g/mol. The summed E-state index contributed by atoms with van der Waals surface area (Å²) in [7, 11) is 0. The second-order valence-electron chi connectivity index (χ2n) is 2.64. The number of hydrogen-bond donors (Lipinski definition) is 0. The summed E-state index contributed by atoms with van der Waals surface area (Å²) >= 11 is 5.15. The average molecular weight is 249 g/mol. The molecule has 0 atom stereocenters. The zero-order chi connectivity index (χ0) is 8.55. The van der Waals surface area contributed by atoms with Gasteiger partial charge in [-0.15, -0.1) is 11.3 Å². The highest BCUT2D eigenvalue weighted by molar-refractivity contribution is 9.11. The molecule has 66 valence electrons. The summed E-state index contributed by atoms with van der Waals surface area (Å²) in [4.78, 5) is 1.26. The van der Waals surface area contributed by atoms with Gasteiger partial charge in [-0.05, 0) is 28.9 Å². The molecule has 4 heteroatoms. The number of hydrogen-bond acceptors (Lipinski definition) is 3. The van der Waals surface area contributed by atoms with Gasteiger partial charge in [-0.2, -0.15) is 0 Å². The van der Waals surface area contributed by atoms with Crippen LogP contribution in [-0.2, 0) is 9.47 Å². The minimum Gasteiger partial charge on any atom is -0.346 e. The molecule has 1 fully saturated rings. The van der Waals surface area contributed by atoms with Gasteiger partial charge in [0.25, 0.3) is 0 Å². The van der Waals surface area contributed by atoms with Gasteiger partial charge in [-0.1, -0.05) is 0 Å². The van der Waals surface area contributed by atoms with Crippen molar-refractivity contribution in [3.8, 4) is 0 Å². The van der Waals surface area contributed by atoms with Crippen LogP contribution >= 0.6 is 27.3 Å². The van der Waals surface area contributed by atoms with Crippen molar-refractivity contribution in [2.24, 2.45) is 0 Å². The Morgan fingerprint density at radius 1 is 1.50 bits per heavy atom. The third-order valence-electron chi connectivity index (χ3n) is 1.80. The Balaban J connectivity index is 2.25. The van der Waals surface area contributed by atoms with Crippen molar-refractivity contribution in [3.05, 3.63) is 20.3 Å². The maximum Gasteiger partial charge on any atom is 0.185 e. The molecule has 0 aromatic carbocycles. The normalized spacial score (nSPS) is 18.8. The first-order valence-electron chi connectivity index (χ1n) is 3.76.